The first-order chi connectivity index (χ1) is 8.06. The smallest absolute Gasteiger partial charge is 0.281 e. The van der Waals surface area contributed by atoms with Gasteiger partial charge in [-0.15, -0.1) is 5.10 Å². The van der Waals surface area contributed by atoms with Gasteiger partial charge in [0.05, 0.1) is 5.69 Å². The monoisotopic (exact) mass is 247 g/mol. The molecule has 0 aromatic carbocycles. The Balaban J connectivity index is 2.70. The Morgan fingerprint density at radius 1 is 1.41 bits per heavy atom. The summed E-state index contributed by atoms with van der Waals surface area (Å²) in [5.41, 5.74) is 5.57. The fourth-order valence-corrected chi connectivity index (χ4v) is 1.61. The third kappa shape index (κ3) is 4.01. The molecule has 2 N–H and O–H groups in total. The summed E-state index contributed by atoms with van der Waals surface area (Å²) in [4.78, 5) is 2.00. The second-order valence-electron chi connectivity index (χ2n) is 4.14. The van der Waals surface area contributed by atoms with E-state index >= 15 is 0 Å². The molecule has 1 rings (SSSR count). The quantitative estimate of drug-likeness (QED) is 0.769. The highest BCUT2D eigenvalue weighted by Gasteiger charge is 2.20. The molecule has 1 heterocycles. The molecular formula is C10H19F2N5. The second kappa shape index (κ2) is 6.61. The second-order valence-corrected chi connectivity index (χ2v) is 4.14. The van der Waals surface area contributed by atoms with Crippen LogP contribution in [-0.4, -0.2) is 47.1 Å². The topological polar surface area (TPSA) is 60.0 Å². The maximum absolute atomic E-state index is 12.9. The fourth-order valence-electron chi connectivity index (χ4n) is 1.61. The average Bonchev–Trinajstić information content (AvgIpc) is 2.61. The number of nitrogens with zero attached hydrogens (tertiary/aromatic N) is 4. The Hall–Kier alpha value is -1.08. The molecule has 0 amide bonds. The standard InChI is InChI=1S/C10H19F2N5/c1-16(2)6-3-7-17-9(10(11)12)8(4-5-13)14-15-17/h10H,3-7,13H2,1-2H3. The van der Waals surface area contributed by atoms with Gasteiger partial charge in [0.15, 0.2) is 0 Å². The Labute approximate surface area is 99.6 Å². The molecule has 0 aliphatic heterocycles. The van der Waals surface area contributed by atoms with E-state index in [1.165, 1.54) is 4.68 Å². The number of rotatable bonds is 7. The lowest BCUT2D eigenvalue weighted by molar-refractivity contribution is 0.137. The first-order valence-electron chi connectivity index (χ1n) is 5.61. The number of nitrogens with two attached hydrogens (primary N) is 1. The van der Waals surface area contributed by atoms with Gasteiger partial charge in [-0.2, -0.15) is 0 Å². The minimum atomic E-state index is -2.55. The Morgan fingerprint density at radius 2 is 2.12 bits per heavy atom. The van der Waals surface area contributed by atoms with Crippen LogP contribution in [-0.2, 0) is 13.0 Å². The fraction of sp³-hybridized carbons (Fsp3) is 0.800. The third-order valence-electron chi connectivity index (χ3n) is 2.41. The maximum Gasteiger partial charge on any atom is 0.281 e. The van der Waals surface area contributed by atoms with Crippen LogP contribution < -0.4 is 5.73 Å². The van der Waals surface area contributed by atoms with Crippen LogP contribution in [0.1, 0.15) is 24.2 Å². The van der Waals surface area contributed by atoms with Crippen LogP contribution in [0.15, 0.2) is 0 Å². The molecule has 1 aromatic heterocycles. The Bertz CT molecular complexity index is 337. The summed E-state index contributed by atoms with van der Waals surface area (Å²) >= 11 is 0. The van der Waals surface area contributed by atoms with E-state index in [1.54, 1.807) is 0 Å². The third-order valence-corrected chi connectivity index (χ3v) is 2.41. The summed E-state index contributed by atoms with van der Waals surface area (Å²) in [6, 6.07) is 0. The van der Waals surface area contributed by atoms with Gasteiger partial charge in [-0.1, -0.05) is 5.21 Å². The van der Waals surface area contributed by atoms with Crippen molar-refractivity contribution < 1.29 is 8.78 Å². The molecule has 0 spiro atoms. The molecule has 98 valence electrons. The molecule has 17 heavy (non-hydrogen) atoms. The maximum atomic E-state index is 12.9. The largest absolute Gasteiger partial charge is 0.330 e. The number of aryl methyl sites for hydroxylation is 1. The highest BCUT2D eigenvalue weighted by atomic mass is 19.3. The van der Waals surface area contributed by atoms with Gasteiger partial charge >= 0.3 is 0 Å². The molecule has 7 heteroatoms. The molecule has 0 aliphatic rings. The summed E-state index contributed by atoms with van der Waals surface area (Å²) in [5.74, 6) is 0. The Kier molecular flexibility index (Phi) is 5.43. The van der Waals surface area contributed by atoms with Crippen LogP contribution in [0.5, 0.6) is 0 Å². The number of aromatic nitrogens is 3. The van der Waals surface area contributed by atoms with E-state index in [1.807, 2.05) is 19.0 Å². The highest BCUT2D eigenvalue weighted by Crippen LogP contribution is 2.21. The lowest BCUT2D eigenvalue weighted by Gasteiger charge is -2.10. The van der Waals surface area contributed by atoms with Crippen molar-refractivity contribution in [1.82, 2.24) is 19.9 Å². The van der Waals surface area contributed by atoms with E-state index in [-0.39, 0.29) is 5.69 Å². The zero-order valence-corrected chi connectivity index (χ0v) is 10.2. The van der Waals surface area contributed by atoms with Crippen LogP contribution in [0.4, 0.5) is 8.78 Å². The summed E-state index contributed by atoms with van der Waals surface area (Å²) in [6.07, 6.45) is -1.45. The van der Waals surface area contributed by atoms with Gasteiger partial charge in [0.25, 0.3) is 6.43 Å². The van der Waals surface area contributed by atoms with E-state index < -0.39 is 6.43 Å². The molecule has 0 bridgehead atoms. The molecule has 5 nitrogen and oxygen atoms in total. The van der Waals surface area contributed by atoms with Crippen LogP contribution in [0, 0.1) is 0 Å². The van der Waals surface area contributed by atoms with E-state index in [0.717, 1.165) is 13.0 Å². The van der Waals surface area contributed by atoms with Crippen molar-refractivity contribution in [3.05, 3.63) is 11.4 Å². The molecule has 0 radical (unpaired) electrons. The van der Waals surface area contributed by atoms with Crippen molar-refractivity contribution in [3.63, 3.8) is 0 Å². The summed E-state index contributed by atoms with van der Waals surface area (Å²) in [6.45, 7) is 1.58. The average molecular weight is 247 g/mol. The van der Waals surface area contributed by atoms with Gasteiger partial charge in [0.2, 0.25) is 0 Å². The highest BCUT2D eigenvalue weighted by molar-refractivity contribution is 5.12. The van der Waals surface area contributed by atoms with E-state index in [2.05, 4.69) is 10.3 Å². The first kappa shape index (κ1) is 14.0. The van der Waals surface area contributed by atoms with E-state index in [4.69, 9.17) is 5.73 Å². The lowest BCUT2D eigenvalue weighted by atomic mass is 10.2. The van der Waals surface area contributed by atoms with Crippen molar-refractivity contribution in [1.29, 1.82) is 0 Å². The number of hydrogen-bond acceptors (Lipinski definition) is 4. The molecular weight excluding hydrogens is 228 g/mol. The van der Waals surface area contributed by atoms with E-state index in [0.29, 0.717) is 25.2 Å². The van der Waals surface area contributed by atoms with Crippen LogP contribution in [0.3, 0.4) is 0 Å². The SMILES string of the molecule is CN(C)CCCn1nnc(CCN)c1C(F)F. The number of alkyl halides is 2. The van der Waals surface area contributed by atoms with E-state index in [9.17, 15) is 8.78 Å². The van der Waals surface area contributed by atoms with Crippen molar-refractivity contribution in [2.75, 3.05) is 27.2 Å². The van der Waals surface area contributed by atoms with Crippen molar-refractivity contribution in [2.24, 2.45) is 5.73 Å². The van der Waals surface area contributed by atoms with Crippen LogP contribution in [0.2, 0.25) is 0 Å². The molecule has 0 aliphatic carbocycles. The molecule has 0 saturated carbocycles. The molecule has 0 fully saturated rings. The number of halogens is 2. The predicted octanol–water partition coefficient (Wildman–Crippen LogP) is 0.669. The van der Waals surface area contributed by atoms with Crippen LogP contribution >= 0.6 is 0 Å². The van der Waals surface area contributed by atoms with Gasteiger partial charge < -0.3 is 10.6 Å². The minimum Gasteiger partial charge on any atom is -0.330 e. The zero-order valence-electron chi connectivity index (χ0n) is 10.2. The molecule has 1 aromatic rings. The molecule has 0 saturated heterocycles. The molecule has 0 atom stereocenters. The van der Waals surface area contributed by atoms with Gasteiger partial charge in [0.1, 0.15) is 5.69 Å². The Morgan fingerprint density at radius 3 is 2.65 bits per heavy atom. The van der Waals surface area contributed by atoms with Gasteiger partial charge in [0, 0.05) is 13.0 Å². The van der Waals surface area contributed by atoms with Crippen molar-refractivity contribution in [2.45, 2.75) is 25.8 Å². The summed E-state index contributed by atoms with van der Waals surface area (Å²) in [5, 5.41) is 7.53. The molecule has 0 unspecified atom stereocenters. The first-order valence-corrected chi connectivity index (χ1v) is 5.61. The normalized spacial score (nSPS) is 11.7. The van der Waals surface area contributed by atoms with Gasteiger partial charge in [-0.05, 0) is 33.6 Å². The summed E-state index contributed by atoms with van der Waals surface area (Å²) < 4.78 is 27.0. The minimum absolute atomic E-state index is 0.0887. The van der Waals surface area contributed by atoms with Gasteiger partial charge in [-0.25, -0.2) is 13.5 Å². The van der Waals surface area contributed by atoms with Gasteiger partial charge in [-0.3, -0.25) is 0 Å². The van der Waals surface area contributed by atoms with Crippen LogP contribution in [0.25, 0.3) is 0 Å². The predicted molar refractivity (Wildman–Crippen MR) is 60.9 cm³/mol. The lowest BCUT2D eigenvalue weighted by Crippen LogP contribution is -2.16. The van der Waals surface area contributed by atoms with Crippen molar-refractivity contribution >= 4 is 0 Å². The van der Waals surface area contributed by atoms with Crippen molar-refractivity contribution in [3.8, 4) is 0 Å². The summed E-state index contributed by atoms with van der Waals surface area (Å²) in [7, 11) is 3.88. The number of hydrogen-bond donors (Lipinski definition) is 1. The zero-order chi connectivity index (χ0) is 12.8.